The van der Waals surface area contributed by atoms with E-state index in [0.29, 0.717) is 11.4 Å². The van der Waals surface area contributed by atoms with Gasteiger partial charge in [0.1, 0.15) is 0 Å². The number of benzene rings is 3. The van der Waals surface area contributed by atoms with Crippen molar-refractivity contribution in [1.82, 2.24) is 4.98 Å². The van der Waals surface area contributed by atoms with E-state index in [2.05, 4.69) is 43.3 Å². The van der Waals surface area contributed by atoms with Crippen LogP contribution in [0.5, 0.6) is 0 Å². The van der Waals surface area contributed by atoms with Gasteiger partial charge in [0.25, 0.3) is 0 Å². The van der Waals surface area contributed by atoms with E-state index in [9.17, 15) is 15.0 Å². The van der Waals surface area contributed by atoms with Crippen molar-refractivity contribution in [3.63, 3.8) is 0 Å². The Balaban J connectivity index is 1.56. The van der Waals surface area contributed by atoms with Crippen LogP contribution >= 0.6 is 23.4 Å². The van der Waals surface area contributed by atoms with Gasteiger partial charge in [-0.2, -0.15) is 11.8 Å². The monoisotopic (exact) mass is 573 g/mol. The van der Waals surface area contributed by atoms with Gasteiger partial charge in [-0.1, -0.05) is 85.3 Å². The fourth-order valence-corrected chi connectivity index (χ4v) is 6.39. The molecular weight excluding hydrogens is 538 g/mol. The van der Waals surface area contributed by atoms with Gasteiger partial charge in [0.15, 0.2) is 0 Å². The lowest BCUT2D eigenvalue weighted by atomic mass is 9.90. The van der Waals surface area contributed by atoms with Crippen molar-refractivity contribution >= 4 is 52.4 Å². The Morgan fingerprint density at radius 1 is 1.00 bits per heavy atom. The number of hydrogen-bond donors (Lipinski definition) is 2. The zero-order valence-corrected chi connectivity index (χ0v) is 24.8. The second-order valence-corrected chi connectivity index (χ2v) is 12.8. The Kier molecular flexibility index (Phi) is 10.1. The lowest BCUT2D eigenvalue weighted by Crippen LogP contribution is -2.18. The average Bonchev–Trinajstić information content (AvgIpc) is 2.92. The highest BCUT2D eigenvalue weighted by Gasteiger charge is 2.22. The van der Waals surface area contributed by atoms with Crippen molar-refractivity contribution in [2.24, 2.45) is 0 Å². The van der Waals surface area contributed by atoms with Crippen LogP contribution in [0.4, 0.5) is 0 Å². The van der Waals surface area contributed by atoms with Gasteiger partial charge in [0.05, 0.1) is 16.8 Å². The van der Waals surface area contributed by atoms with E-state index in [0.717, 1.165) is 46.1 Å². The first-order valence-electron chi connectivity index (χ1n) is 13.6. The predicted octanol–water partition coefficient (Wildman–Crippen LogP) is 8.95. The standard InChI is InChI=1S/C34H36ClNO3S/c1-23(11-20-33(37)38)40-32(19-15-25-8-4-5-10-30(25)34(2,3)39)27-9-6-7-24(21-27)12-17-29-18-14-26-13-16-28(35)22-31(26)36-29/h4-10,12-14,16-18,21-23,32,39H,11,15,19-20H2,1-3H3,(H,37,38)/t23-,32-/m0/s1. The minimum atomic E-state index is -0.916. The molecule has 0 saturated carbocycles. The first-order valence-corrected chi connectivity index (χ1v) is 14.9. The van der Waals surface area contributed by atoms with E-state index in [1.165, 1.54) is 5.56 Å². The summed E-state index contributed by atoms with van der Waals surface area (Å²) in [4.78, 5) is 15.9. The number of carboxylic acids is 1. The molecule has 0 unspecified atom stereocenters. The highest BCUT2D eigenvalue weighted by atomic mass is 35.5. The van der Waals surface area contributed by atoms with Gasteiger partial charge in [0.2, 0.25) is 0 Å². The van der Waals surface area contributed by atoms with Gasteiger partial charge in [-0.15, -0.1) is 0 Å². The number of aliphatic hydroxyl groups is 1. The van der Waals surface area contributed by atoms with Crippen molar-refractivity contribution in [3.8, 4) is 0 Å². The molecule has 1 heterocycles. The number of pyridine rings is 1. The summed E-state index contributed by atoms with van der Waals surface area (Å²) in [6.07, 6.45) is 6.55. The molecular formula is C34H36ClNO3S. The number of fused-ring (bicyclic) bond motifs is 1. The first kappa shape index (κ1) is 29.9. The van der Waals surface area contributed by atoms with Crippen LogP contribution in [0.15, 0.2) is 78.9 Å². The minimum absolute atomic E-state index is 0.162. The third-order valence-electron chi connectivity index (χ3n) is 6.92. The number of thioether (sulfide) groups is 1. The summed E-state index contributed by atoms with van der Waals surface area (Å²) in [5, 5.41) is 22.0. The Labute approximate surface area is 246 Å². The van der Waals surface area contributed by atoms with Crippen LogP contribution in [-0.4, -0.2) is 26.4 Å². The SMILES string of the molecule is C[C@@H](CCC(=O)O)S[C@@H](CCc1ccccc1C(C)(C)O)c1cccc(C=Cc2ccc3ccc(Cl)cc3n2)c1. The molecule has 4 nitrogen and oxygen atoms in total. The molecule has 0 aliphatic rings. The Hall–Kier alpha value is -3.12. The third kappa shape index (κ3) is 8.44. The van der Waals surface area contributed by atoms with Crippen LogP contribution in [0.3, 0.4) is 0 Å². The molecule has 0 aliphatic heterocycles. The average molecular weight is 574 g/mol. The van der Waals surface area contributed by atoms with E-state index in [1.54, 1.807) is 0 Å². The fraction of sp³-hybridized carbons (Fsp3) is 0.294. The van der Waals surface area contributed by atoms with Gasteiger partial charge in [0, 0.05) is 27.3 Å². The summed E-state index contributed by atoms with van der Waals surface area (Å²) in [6, 6.07) is 26.3. The number of rotatable bonds is 12. The number of carboxylic acid groups (broad SMARTS) is 1. The molecule has 0 fully saturated rings. The molecule has 3 aromatic carbocycles. The highest BCUT2D eigenvalue weighted by molar-refractivity contribution is 8.00. The van der Waals surface area contributed by atoms with Gasteiger partial charge < -0.3 is 10.2 Å². The van der Waals surface area contributed by atoms with Crippen molar-refractivity contribution in [3.05, 3.63) is 112 Å². The van der Waals surface area contributed by atoms with E-state index in [1.807, 2.05) is 80.2 Å². The molecule has 208 valence electrons. The highest BCUT2D eigenvalue weighted by Crippen LogP contribution is 2.39. The van der Waals surface area contributed by atoms with Crippen molar-refractivity contribution in [2.75, 3.05) is 0 Å². The van der Waals surface area contributed by atoms with Crippen molar-refractivity contribution < 1.29 is 15.0 Å². The number of aromatic nitrogens is 1. The summed E-state index contributed by atoms with van der Waals surface area (Å²) in [7, 11) is 0. The number of carbonyl (C=O) groups is 1. The Bertz CT molecular complexity index is 1490. The maximum absolute atomic E-state index is 11.2. The zero-order valence-electron chi connectivity index (χ0n) is 23.2. The van der Waals surface area contributed by atoms with Crippen LogP contribution in [0.1, 0.15) is 73.2 Å². The lowest BCUT2D eigenvalue weighted by molar-refractivity contribution is -0.137. The normalized spacial score (nSPS) is 13.5. The van der Waals surface area contributed by atoms with Gasteiger partial charge in [-0.25, -0.2) is 4.98 Å². The molecule has 0 aliphatic carbocycles. The molecule has 0 spiro atoms. The van der Waals surface area contributed by atoms with Crippen molar-refractivity contribution in [2.45, 2.75) is 62.6 Å². The van der Waals surface area contributed by atoms with Gasteiger partial charge >= 0.3 is 5.97 Å². The molecule has 0 bridgehead atoms. The molecule has 6 heteroatoms. The van der Waals surface area contributed by atoms with Crippen molar-refractivity contribution in [1.29, 1.82) is 0 Å². The molecule has 0 saturated heterocycles. The Morgan fingerprint density at radius 2 is 1.77 bits per heavy atom. The summed E-state index contributed by atoms with van der Waals surface area (Å²) < 4.78 is 0. The summed E-state index contributed by atoms with van der Waals surface area (Å²) in [6.45, 7) is 5.74. The summed E-state index contributed by atoms with van der Waals surface area (Å²) >= 11 is 7.98. The number of aliphatic carboxylic acids is 1. The maximum atomic E-state index is 11.2. The number of nitrogens with zero attached hydrogens (tertiary/aromatic N) is 1. The smallest absolute Gasteiger partial charge is 0.303 e. The second kappa shape index (κ2) is 13.5. The van der Waals surface area contributed by atoms with Crippen LogP contribution in [0.2, 0.25) is 5.02 Å². The fourth-order valence-electron chi connectivity index (χ4n) is 4.85. The van der Waals surface area contributed by atoms with E-state index in [4.69, 9.17) is 16.6 Å². The van der Waals surface area contributed by atoms with Crippen LogP contribution in [0.25, 0.3) is 23.1 Å². The van der Waals surface area contributed by atoms with Crippen LogP contribution in [0, 0.1) is 0 Å². The molecule has 1 aromatic heterocycles. The third-order valence-corrected chi connectivity index (χ3v) is 8.69. The van der Waals surface area contributed by atoms with E-state index >= 15 is 0 Å². The minimum Gasteiger partial charge on any atom is -0.481 e. The Morgan fingerprint density at radius 3 is 2.55 bits per heavy atom. The molecule has 4 rings (SSSR count). The van der Waals surface area contributed by atoms with Crippen LogP contribution < -0.4 is 0 Å². The summed E-state index contributed by atoms with van der Waals surface area (Å²) in [5.41, 5.74) is 5.16. The molecule has 40 heavy (non-hydrogen) atoms. The lowest BCUT2D eigenvalue weighted by Gasteiger charge is -2.25. The molecule has 0 amide bonds. The largest absolute Gasteiger partial charge is 0.481 e. The summed E-state index contributed by atoms with van der Waals surface area (Å²) in [5.74, 6) is -0.764. The van der Waals surface area contributed by atoms with Crippen LogP contribution in [-0.2, 0) is 16.8 Å². The zero-order chi connectivity index (χ0) is 28.7. The maximum Gasteiger partial charge on any atom is 0.303 e. The second-order valence-electron chi connectivity index (χ2n) is 10.7. The first-order chi connectivity index (χ1) is 19.1. The van der Waals surface area contributed by atoms with Gasteiger partial charge in [-0.3, -0.25) is 4.79 Å². The molecule has 2 atom stereocenters. The van der Waals surface area contributed by atoms with E-state index in [-0.39, 0.29) is 16.9 Å². The number of halogens is 1. The number of aryl methyl sites for hydroxylation is 1. The molecule has 2 N–H and O–H groups in total. The van der Waals surface area contributed by atoms with Gasteiger partial charge in [-0.05, 0) is 79.6 Å². The molecule has 0 radical (unpaired) electrons. The van der Waals surface area contributed by atoms with E-state index < -0.39 is 11.6 Å². The predicted molar refractivity (Wildman–Crippen MR) is 169 cm³/mol. The number of hydrogen-bond acceptors (Lipinski definition) is 4. The molecule has 4 aromatic rings. The quantitative estimate of drug-likeness (QED) is 0.177. The topological polar surface area (TPSA) is 70.4 Å².